The normalized spacial score (nSPS) is 9.00. The van der Waals surface area contributed by atoms with Gasteiger partial charge in [0.05, 0.1) is 0 Å². The van der Waals surface area contributed by atoms with E-state index < -0.39 is 0 Å². The third-order valence-corrected chi connectivity index (χ3v) is 1.65. The Balaban J connectivity index is 2.87. The molecule has 1 aromatic heterocycles. The van der Waals surface area contributed by atoms with Gasteiger partial charge in [-0.05, 0) is 11.7 Å². The van der Waals surface area contributed by atoms with E-state index in [0.29, 0.717) is 0 Å². The van der Waals surface area contributed by atoms with E-state index in [1.54, 1.807) is 0 Å². The van der Waals surface area contributed by atoms with Crippen LogP contribution in [0.3, 0.4) is 0 Å². The van der Waals surface area contributed by atoms with Crippen LogP contribution < -0.4 is 11.1 Å². The highest BCUT2D eigenvalue weighted by atomic mass is 14.6. The summed E-state index contributed by atoms with van der Waals surface area (Å²) in [7, 11) is 2.14. The van der Waals surface area contributed by atoms with Crippen molar-refractivity contribution in [3.8, 4) is 0 Å². The Hall–Kier alpha value is -0.720. The molecule has 0 spiro atoms. The van der Waals surface area contributed by atoms with Crippen LogP contribution in [0.15, 0.2) is 18.3 Å². The minimum absolute atomic E-state index is 1.04. The fraction of sp³-hybridized carbons (Fsp3) is 0.286. The first kappa shape index (κ1) is 7.39. The Labute approximate surface area is 63.4 Å². The largest absolute Gasteiger partial charge is 0.272 e. The number of aromatic nitrogens is 1. The summed E-state index contributed by atoms with van der Waals surface area (Å²) in [6.07, 6.45) is 1.89. The lowest BCUT2D eigenvalue weighted by Gasteiger charge is -1.96. The lowest BCUT2D eigenvalue weighted by Crippen LogP contribution is -2.23. The van der Waals surface area contributed by atoms with Gasteiger partial charge in [-0.1, -0.05) is 25.2 Å². The van der Waals surface area contributed by atoms with Gasteiger partial charge in [0, 0.05) is 6.20 Å². The van der Waals surface area contributed by atoms with Gasteiger partial charge in [0.25, 0.3) is 0 Å². The smallest absolute Gasteiger partial charge is 0.179 e. The van der Waals surface area contributed by atoms with Crippen LogP contribution in [-0.2, 0) is 0 Å². The van der Waals surface area contributed by atoms with Gasteiger partial charge in [0.1, 0.15) is 0 Å². The Morgan fingerprint density at radius 3 is 2.70 bits per heavy atom. The zero-order chi connectivity index (χ0) is 7.40. The number of pyridine rings is 1. The van der Waals surface area contributed by atoms with E-state index in [4.69, 9.17) is 0 Å². The molecule has 0 aliphatic carbocycles. The van der Waals surface area contributed by atoms with Gasteiger partial charge >= 0.3 is 0 Å². The van der Waals surface area contributed by atoms with Crippen LogP contribution in [0.25, 0.3) is 0 Å². The molecule has 1 rings (SSSR count). The molecule has 0 aromatic carbocycles. The van der Waals surface area contributed by atoms with E-state index in [9.17, 15) is 0 Å². The highest BCUT2D eigenvalue weighted by molar-refractivity contribution is 6.55. The van der Waals surface area contributed by atoms with E-state index in [1.807, 2.05) is 6.20 Å². The van der Waals surface area contributed by atoms with Gasteiger partial charge in [-0.3, -0.25) is 4.98 Å². The summed E-state index contributed by atoms with van der Waals surface area (Å²) in [5, 5.41) is 0. The van der Waals surface area contributed by atoms with Crippen LogP contribution in [0.2, 0.25) is 13.6 Å². The quantitative estimate of drug-likeness (QED) is 0.483. The highest BCUT2D eigenvalue weighted by Crippen LogP contribution is 1.73. The summed E-state index contributed by atoms with van der Waals surface area (Å²) < 4.78 is 0. The van der Waals surface area contributed by atoms with Crippen molar-refractivity contribution in [2.45, 2.75) is 13.6 Å². The third-order valence-electron chi connectivity index (χ3n) is 1.65. The average Bonchev–Trinajstić information content (AvgIpc) is 2.05. The molecule has 1 nitrogen and oxygen atoms in total. The first-order valence-electron chi connectivity index (χ1n) is 3.80. The molecule has 0 saturated carbocycles. The Kier molecular flexibility index (Phi) is 2.55. The monoisotopic (exact) mass is 131 g/mol. The predicted molar refractivity (Wildman–Crippen MR) is 49.5 cm³/mol. The van der Waals surface area contributed by atoms with E-state index in [-0.39, 0.29) is 0 Å². The van der Waals surface area contributed by atoms with E-state index in [2.05, 4.69) is 30.8 Å². The molecular weight excluding hydrogens is 120 g/mol. The second-order valence-corrected chi connectivity index (χ2v) is 2.36. The summed E-state index contributed by atoms with van der Waals surface area (Å²) in [6, 6.07) is 4.24. The molecule has 3 heteroatoms. The molecule has 0 bridgehead atoms. The summed E-state index contributed by atoms with van der Waals surface area (Å²) in [5.41, 5.74) is 2.58. The zero-order valence-electron chi connectivity index (χ0n) is 6.59. The second-order valence-electron chi connectivity index (χ2n) is 2.36. The minimum atomic E-state index is 1.04. The second kappa shape index (κ2) is 3.45. The van der Waals surface area contributed by atoms with Crippen molar-refractivity contribution in [1.82, 2.24) is 4.98 Å². The van der Waals surface area contributed by atoms with Crippen LogP contribution in [0, 0.1) is 0 Å². The molecule has 0 atom stereocenters. The first-order chi connectivity index (χ1) is 4.86. The fourth-order valence-electron chi connectivity index (χ4n) is 0.941. The molecule has 0 radical (unpaired) electrons. The van der Waals surface area contributed by atoms with Crippen LogP contribution in [0.1, 0.15) is 0 Å². The number of nitrogens with zero attached hydrogens (tertiary/aromatic N) is 1. The number of rotatable bonds is 2. The Morgan fingerprint density at radius 1 is 1.30 bits per heavy atom. The van der Waals surface area contributed by atoms with Crippen molar-refractivity contribution in [2.75, 3.05) is 0 Å². The number of hydrogen-bond donors (Lipinski definition) is 0. The van der Waals surface area contributed by atoms with Crippen molar-refractivity contribution in [1.29, 1.82) is 0 Å². The average molecular weight is 131 g/mol. The molecule has 0 fully saturated rings. The maximum atomic E-state index is 4.21. The molecule has 50 valence electrons. The Bertz CT molecular complexity index is 193. The van der Waals surface area contributed by atoms with Gasteiger partial charge in [0.15, 0.2) is 14.6 Å². The zero-order valence-corrected chi connectivity index (χ0v) is 6.59. The summed E-state index contributed by atoms with van der Waals surface area (Å²) in [5.74, 6) is 0. The van der Waals surface area contributed by atoms with Crippen molar-refractivity contribution in [2.24, 2.45) is 0 Å². The molecule has 0 N–H and O–H groups in total. The van der Waals surface area contributed by atoms with Crippen molar-refractivity contribution < 1.29 is 0 Å². The van der Waals surface area contributed by atoms with Crippen molar-refractivity contribution >= 4 is 25.6 Å². The highest BCUT2D eigenvalue weighted by Gasteiger charge is 1.92. The minimum Gasteiger partial charge on any atom is -0.272 e. The molecule has 0 saturated heterocycles. The standard InChI is InChI=1S/C7H11B2N/c1-8-6-3-4-10-7(5-6)9-2/h3-5,8-9H,1-2H3. The SMILES string of the molecule is CBc1ccnc(BC)c1. The van der Waals surface area contributed by atoms with Gasteiger partial charge in [0.2, 0.25) is 0 Å². The van der Waals surface area contributed by atoms with E-state index in [0.717, 1.165) is 14.6 Å². The van der Waals surface area contributed by atoms with Crippen LogP contribution >= 0.6 is 0 Å². The third kappa shape index (κ3) is 1.63. The predicted octanol–water partition coefficient (Wildman–Crippen LogP) is -0.699. The molecule has 0 amide bonds. The summed E-state index contributed by atoms with van der Waals surface area (Å²) >= 11 is 0. The van der Waals surface area contributed by atoms with Gasteiger partial charge in [-0.15, -0.1) is 0 Å². The van der Waals surface area contributed by atoms with Crippen molar-refractivity contribution in [3.05, 3.63) is 18.3 Å². The fourth-order valence-corrected chi connectivity index (χ4v) is 0.941. The molecule has 10 heavy (non-hydrogen) atoms. The summed E-state index contributed by atoms with van der Waals surface area (Å²) in [6.45, 7) is 4.29. The summed E-state index contributed by atoms with van der Waals surface area (Å²) in [4.78, 5) is 4.21. The molecule has 1 aromatic rings. The number of hydrogen-bond acceptors (Lipinski definition) is 1. The molecular formula is C7H11B2N. The van der Waals surface area contributed by atoms with Crippen LogP contribution in [0.5, 0.6) is 0 Å². The van der Waals surface area contributed by atoms with Crippen LogP contribution in [0.4, 0.5) is 0 Å². The van der Waals surface area contributed by atoms with E-state index in [1.165, 1.54) is 11.1 Å². The lowest BCUT2D eigenvalue weighted by atomic mass is 9.70. The molecule has 0 unspecified atom stereocenters. The topological polar surface area (TPSA) is 12.9 Å². The maximum Gasteiger partial charge on any atom is 0.179 e. The van der Waals surface area contributed by atoms with Gasteiger partial charge < -0.3 is 0 Å². The van der Waals surface area contributed by atoms with Crippen LogP contribution in [-0.4, -0.2) is 19.5 Å². The molecule has 0 aliphatic rings. The van der Waals surface area contributed by atoms with Gasteiger partial charge in [-0.25, -0.2) is 0 Å². The maximum absolute atomic E-state index is 4.21. The Morgan fingerprint density at radius 2 is 2.10 bits per heavy atom. The lowest BCUT2D eigenvalue weighted by molar-refractivity contribution is 1.40. The molecule has 1 heterocycles. The van der Waals surface area contributed by atoms with Gasteiger partial charge in [-0.2, -0.15) is 0 Å². The molecule has 0 aliphatic heterocycles. The first-order valence-corrected chi connectivity index (χ1v) is 3.80. The van der Waals surface area contributed by atoms with Crippen molar-refractivity contribution in [3.63, 3.8) is 0 Å². The van der Waals surface area contributed by atoms with E-state index >= 15 is 0 Å².